The van der Waals surface area contributed by atoms with Crippen LogP contribution in [0.5, 0.6) is 0 Å². The zero-order valence-corrected chi connectivity index (χ0v) is 14.1. The summed E-state index contributed by atoms with van der Waals surface area (Å²) in [5, 5.41) is 0. The number of rotatable bonds is 5. The van der Waals surface area contributed by atoms with Crippen molar-refractivity contribution < 1.29 is 0 Å². The summed E-state index contributed by atoms with van der Waals surface area (Å²) in [4.78, 5) is 1.25. The maximum Gasteiger partial charge on any atom is 0.0554 e. The molecule has 0 aliphatic carbocycles. The molecule has 2 rings (SSSR count). The van der Waals surface area contributed by atoms with E-state index in [1.54, 1.807) is 11.8 Å². The Labute approximate surface area is 133 Å². The lowest BCUT2D eigenvalue weighted by Gasteiger charge is -2.17. The number of aryl methyl sites for hydroxylation is 2. The number of hydrogen-bond acceptors (Lipinski definition) is 3. The van der Waals surface area contributed by atoms with E-state index in [1.165, 1.54) is 21.6 Å². The van der Waals surface area contributed by atoms with Gasteiger partial charge in [0.25, 0.3) is 0 Å². The lowest BCUT2D eigenvalue weighted by Crippen LogP contribution is -2.29. The van der Waals surface area contributed by atoms with Crippen LogP contribution in [0, 0.1) is 13.8 Å². The normalized spacial score (nSPS) is 12.4. The molecule has 0 saturated heterocycles. The molecule has 0 aliphatic heterocycles. The van der Waals surface area contributed by atoms with Crippen molar-refractivity contribution in [1.29, 1.82) is 0 Å². The summed E-state index contributed by atoms with van der Waals surface area (Å²) < 4.78 is 1.10. The van der Waals surface area contributed by atoms with Gasteiger partial charge in [0.15, 0.2) is 0 Å². The molecule has 106 valence electrons. The van der Waals surface area contributed by atoms with E-state index in [0.717, 1.165) is 10.2 Å². The molecule has 2 nitrogen and oxygen atoms in total. The Morgan fingerprint density at radius 1 is 1.10 bits per heavy atom. The van der Waals surface area contributed by atoms with Crippen molar-refractivity contribution in [2.75, 3.05) is 5.75 Å². The second kappa shape index (κ2) is 7.27. The highest BCUT2D eigenvalue weighted by Crippen LogP contribution is 2.26. The van der Waals surface area contributed by atoms with Gasteiger partial charge in [-0.1, -0.05) is 34.1 Å². The highest BCUT2D eigenvalue weighted by molar-refractivity contribution is 9.10. The number of nitrogens with one attached hydrogen (secondary N) is 1. The molecule has 0 saturated carbocycles. The minimum absolute atomic E-state index is 0.156. The van der Waals surface area contributed by atoms with Crippen molar-refractivity contribution in [2.45, 2.75) is 24.8 Å². The van der Waals surface area contributed by atoms with Gasteiger partial charge in [0.05, 0.1) is 6.04 Å². The van der Waals surface area contributed by atoms with E-state index in [1.807, 2.05) is 0 Å². The molecule has 0 heterocycles. The van der Waals surface area contributed by atoms with Crippen LogP contribution in [0.4, 0.5) is 0 Å². The molecular weight excluding hydrogens is 332 g/mol. The van der Waals surface area contributed by atoms with Crippen LogP contribution in [0.1, 0.15) is 22.7 Å². The van der Waals surface area contributed by atoms with Gasteiger partial charge in [-0.25, -0.2) is 0 Å². The largest absolute Gasteiger partial charge is 0.271 e. The van der Waals surface area contributed by atoms with E-state index in [4.69, 9.17) is 5.84 Å². The average Bonchev–Trinajstić information content (AvgIpc) is 2.45. The second-order valence-electron chi connectivity index (χ2n) is 4.83. The monoisotopic (exact) mass is 350 g/mol. The van der Waals surface area contributed by atoms with E-state index >= 15 is 0 Å². The molecule has 0 fully saturated rings. The Bertz CT molecular complexity index is 569. The number of nitrogens with two attached hydrogens (primary N) is 1. The summed E-state index contributed by atoms with van der Waals surface area (Å²) in [5.74, 6) is 6.61. The van der Waals surface area contributed by atoms with Crippen LogP contribution in [0.3, 0.4) is 0 Å². The summed E-state index contributed by atoms with van der Waals surface area (Å²) in [7, 11) is 0. The first-order valence-electron chi connectivity index (χ1n) is 6.52. The van der Waals surface area contributed by atoms with Gasteiger partial charge in [0.2, 0.25) is 0 Å². The Kier molecular flexibility index (Phi) is 5.66. The van der Waals surface area contributed by atoms with Gasteiger partial charge in [-0.2, -0.15) is 0 Å². The van der Waals surface area contributed by atoms with Crippen LogP contribution in [0.25, 0.3) is 0 Å². The van der Waals surface area contributed by atoms with Crippen LogP contribution < -0.4 is 11.3 Å². The molecule has 0 spiro atoms. The standard InChI is InChI=1S/C16H19BrN2S/c1-11-3-4-13(9-12(11)2)16(19-18)10-20-15-7-5-14(17)6-8-15/h3-9,16,19H,10,18H2,1-2H3. The molecule has 20 heavy (non-hydrogen) atoms. The van der Waals surface area contributed by atoms with Gasteiger partial charge in [-0.05, 0) is 54.8 Å². The summed E-state index contributed by atoms with van der Waals surface area (Å²) in [6.07, 6.45) is 0. The zero-order valence-electron chi connectivity index (χ0n) is 11.7. The van der Waals surface area contributed by atoms with E-state index in [0.29, 0.717) is 0 Å². The summed E-state index contributed by atoms with van der Waals surface area (Å²) in [6, 6.07) is 15.0. The minimum Gasteiger partial charge on any atom is -0.271 e. The predicted molar refractivity (Wildman–Crippen MR) is 90.8 cm³/mol. The molecule has 0 amide bonds. The molecule has 0 aromatic heterocycles. The molecule has 0 radical (unpaired) electrons. The van der Waals surface area contributed by atoms with E-state index in [-0.39, 0.29) is 6.04 Å². The van der Waals surface area contributed by atoms with Crippen molar-refractivity contribution >= 4 is 27.7 Å². The van der Waals surface area contributed by atoms with Gasteiger partial charge in [-0.3, -0.25) is 11.3 Å². The van der Waals surface area contributed by atoms with Crippen molar-refractivity contribution in [3.8, 4) is 0 Å². The quantitative estimate of drug-likeness (QED) is 0.477. The molecule has 4 heteroatoms. The Hall–Kier alpha value is -0.810. The van der Waals surface area contributed by atoms with Gasteiger partial charge in [0.1, 0.15) is 0 Å². The molecule has 0 aliphatic rings. The number of hydrazine groups is 1. The first-order valence-corrected chi connectivity index (χ1v) is 8.29. The van der Waals surface area contributed by atoms with E-state index in [9.17, 15) is 0 Å². The minimum atomic E-state index is 0.156. The van der Waals surface area contributed by atoms with Crippen molar-refractivity contribution in [1.82, 2.24) is 5.43 Å². The Morgan fingerprint density at radius 3 is 2.40 bits per heavy atom. The summed E-state index contributed by atoms with van der Waals surface area (Å²) in [6.45, 7) is 4.26. The van der Waals surface area contributed by atoms with Gasteiger partial charge in [0, 0.05) is 15.1 Å². The third-order valence-corrected chi connectivity index (χ3v) is 5.00. The highest BCUT2D eigenvalue weighted by atomic mass is 79.9. The second-order valence-corrected chi connectivity index (χ2v) is 6.84. The lowest BCUT2D eigenvalue weighted by molar-refractivity contribution is 0.610. The first-order chi connectivity index (χ1) is 9.60. The number of hydrogen-bond donors (Lipinski definition) is 2. The van der Waals surface area contributed by atoms with Crippen molar-refractivity contribution in [3.05, 3.63) is 63.6 Å². The fourth-order valence-corrected chi connectivity index (χ4v) is 3.17. The maximum atomic E-state index is 5.71. The fourth-order valence-electron chi connectivity index (χ4n) is 1.93. The van der Waals surface area contributed by atoms with Gasteiger partial charge in [-0.15, -0.1) is 11.8 Å². The summed E-state index contributed by atoms with van der Waals surface area (Å²) in [5.41, 5.74) is 6.77. The molecule has 2 aromatic rings. The zero-order chi connectivity index (χ0) is 14.5. The molecule has 1 unspecified atom stereocenters. The van der Waals surface area contributed by atoms with Crippen molar-refractivity contribution in [3.63, 3.8) is 0 Å². The third-order valence-electron chi connectivity index (χ3n) is 3.36. The molecular formula is C16H19BrN2S. The average molecular weight is 351 g/mol. The predicted octanol–water partition coefficient (Wildman–Crippen LogP) is 4.36. The Morgan fingerprint density at radius 2 is 1.80 bits per heavy atom. The van der Waals surface area contributed by atoms with Crippen LogP contribution in [-0.4, -0.2) is 5.75 Å². The first kappa shape index (κ1) is 15.6. The number of thioether (sulfide) groups is 1. The summed E-state index contributed by atoms with van der Waals surface area (Å²) >= 11 is 5.25. The maximum absolute atomic E-state index is 5.71. The van der Waals surface area contributed by atoms with Crippen LogP contribution in [-0.2, 0) is 0 Å². The van der Waals surface area contributed by atoms with Gasteiger partial charge >= 0.3 is 0 Å². The smallest absolute Gasteiger partial charge is 0.0554 e. The molecule has 0 bridgehead atoms. The highest BCUT2D eigenvalue weighted by Gasteiger charge is 2.11. The molecule has 3 N–H and O–H groups in total. The fraction of sp³-hybridized carbons (Fsp3) is 0.250. The SMILES string of the molecule is Cc1ccc(C(CSc2ccc(Br)cc2)NN)cc1C. The number of benzene rings is 2. The number of halogens is 1. The van der Waals surface area contributed by atoms with Gasteiger partial charge < -0.3 is 0 Å². The van der Waals surface area contributed by atoms with Crippen LogP contribution in [0.15, 0.2) is 51.8 Å². The topological polar surface area (TPSA) is 38.0 Å². The van der Waals surface area contributed by atoms with E-state index < -0.39 is 0 Å². The van der Waals surface area contributed by atoms with Crippen molar-refractivity contribution in [2.24, 2.45) is 5.84 Å². The third kappa shape index (κ3) is 4.09. The molecule has 2 aromatic carbocycles. The van der Waals surface area contributed by atoms with Crippen LogP contribution in [0.2, 0.25) is 0 Å². The Balaban J connectivity index is 2.05. The molecule has 1 atom stereocenters. The lowest BCUT2D eigenvalue weighted by atomic mass is 10.0. The van der Waals surface area contributed by atoms with E-state index in [2.05, 4.69) is 77.7 Å². The van der Waals surface area contributed by atoms with Crippen LogP contribution >= 0.6 is 27.7 Å².